The summed E-state index contributed by atoms with van der Waals surface area (Å²) in [7, 11) is 0. The van der Waals surface area contributed by atoms with Gasteiger partial charge in [0.25, 0.3) is 0 Å². The molecule has 1 heterocycles. The number of benzene rings is 2. The molecule has 1 atom stereocenters. The molecule has 0 spiro atoms. The minimum Gasteiger partial charge on any atom is -0.299 e. The fourth-order valence-electron chi connectivity index (χ4n) is 2.05. The number of carbonyl (C=O) groups is 1. The van der Waals surface area contributed by atoms with Gasteiger partial charge in [0.2, 0.25) is 11.0 Å². The van der Waals surface area contributed by atoms with E-state index in [4.69, 9.17) is 0 Å². The number of nitrogens with zero attached hydrogens (tertiary/aromatic N) is 2. The number of aromatic nitrogens is 2. The second-order valence-corrected chi connectivity index (χ2v) is 7.20. The lowest BCUT2D eigenvalue weighted by Gasteiger charge is -2.16. The Bertz CT molecular complexity index is 775. The van der Waals surface area contributed by atoms with Crippen molar-refractivity contribution in [3.05, 3.63) is 71.2 Å². The second kappa shape index (κ2) is 7.39. The van der Waals surface area contributed by atoms with Crippen LogP contribution in [0.5, 0.6) is 0 Å². The van der Waals surface area contributed by atoms with Gasteiger partial charge in [-0.1, -0.05) is 59.9 Å². The monoisotopic (exact) mass is 341 g/mol. The fraction of sp³-hybridized carbons (Fsp3) is 0.118. The molecule has 0 unspecified atom stereocenters. The molecule has 116 valence electrons. The molecular formula is C17H15N3OS2. The highest BCUT2D eigenvalue weighted by Gasteiger charge is 2.23. The maximum atomic E-state index is 12.7. The number of rotatable bonds is 5. The molecule has 0 aliphatic rings. The molecule has 2 aromatic carbocycles. The molecule has 3 aromatic rings. The third kappa shape index (κ3) is 4.18. The fourth-order valence-corrected chi connectivity index (χ4v) is 3.69. The average molecular weight is 341 g/mol. The molecule has 0 saturated heterocycles. The topological polar surface area (TPSA) is 54.9 Å². The van der Waals surface area contributed by atoms with E-state index in [9.17, 15) is 4.79 Å². The minimum atomic E-state index is -0.345. The summed E-state index contributed by atoms with van der Waals surface area (Å²) in [4.78, 5) is 13.8. The molecule has 1 N–H and O–H groups in total. The van der Waals surface area contributed by atoms with E-state index >= 15 is 0 Å². The zero-order valence-electron chi connectivity index (χ0n) is 12.5. The van der Waals surface area contributed by atoms with Crippen molar-refractivity contribution in [2.45, 2.75) is 17.1 Å². The Morgan fingerprint density at radius 3 is 2.30 bits per heavy atom. The number of aryl methyl sites for hydroxylation is 1. The van der Waals surface area contributed by atoms with E-state index in [1.54, 1.807) is 0 Å². The molecule has 0 saturated carbocycles. The molecular weight excluding hydrogens is 326 g/mol. The van der Waals surface area contributed by atoms with Crippen LogP contribution < -0.4 is 5.32 Å². The number of anilines is 1. The highest BCUT2D eigenvalue weighted by Crippen LogP contribution is 2.36. The van der Waals surface area contributed by atoms with Crippen molar-refractivity contribution in [2.75, 3.05) is 5.32 Å². The lowest BCUT2D eigenvalue weighted by atomic mass is 10.1. The van der Waals surface area contributed by atoms with Crippen LogP contribution in [0.4, 0.5) is 5.13 Å². The van der Waals surface area contributed by atoms with E-state index in [1.807, 2.05) is 67.6 Å². The third-order valence-corrected chi connectivity index (χ3v) is 5.11. The van der Waals surface area contributed by atoms with Crippen molar-refractivity contribution < 1.29 is 4.79 Å². The molecule has 4 nitrogen and oxygen atoms in total. The molecule has 0 fully saturated rings. The molecule has 0 bridgehead atoms. The van der Waals surface area contributed by atoms with Gasteiger partial charge in [-0.25, -0.2) is 0 Å². The van der Waals surface area contributed by atoms with Crippen LogP contribution in [0.2, 0.25) is 0 Å². The third-order valence-electron chi connectivity index (χ3n) is 3.09. The van der Waals surface area contributed by atoms with Crippen molar-refractivity contribution >= 4 is 34.1 Å². The van der Waals surface area contributed by atoms with E-state index in [-0.39, 0.29) is 11.2 Å². The molecule has 23 heavy (non-hydrogen) atoms. The molecule has 6 heteroatoms. The summed E-state index contributed by atoms with van der Waals surface area (Å²) in [6.45, 7) is 1.86. The van der Waals surface area contributed by atoms with Gasteiger partial charge < -0.3 is 0 Å². The zero-order chi connectivity index (χ0) is 16.1. The van der Waals surface area contributed by atoms with Crippen molar-refractivity contribution in [3.63, 3.8) is 0 Å². The maximum absolute atomic E-state index is 12.7. The van der Waals surface area contributed by atoms with Gasteiger partial charge in [-0.05, 0) is 24.6 Å². The van der Waals surface area contributed by atoms with Crippen molar-refractivity contribution in [1.82, 2.24) is 10.2 Å². The summed E-state index contributed by atoms with van der Waals surface area (Å²) in [5.74, 6) is -0.0961. The zero-order valence-corrected chi connectivity index (χ0v) is 14.1. The van der Waals surface area contributed by atoms with Gasteiger partial charge in [-0.15, -0.1) is 22.0 Å². The number of hydrogen-bond acceptors (Lipinski definition) is 5. The van der Waals surface area contributed by atoms with Crippen LogP contribution in [0.1, 0.15) is 15.8 Å². The number of nitrogens with one attached hydrogen (secondary N) is 1. The summed E-state index contributed by atoms with van der Waals surface area (Å²) in [5.41, 5.74) is 0.958. The average Bonchev–Trinajstić information content (AvgIpc) is 2.99. The highest BCUT2D eigenvalue weighted by atomic mass is 32.2. The predicted molar refractivity (Wildman–Crippen MR) is 94.8 cm³/mol. The number of hydrogen-bond donors (Lipinski definition) is 1. The Kier molecular flexibility index (Phi) is 5.05. The van der Waals surface area contributed by atoms with Gasteiger partial charge in [-0.3, -0.25) is 10.1 Å². The molecule has 1 aromatic heterocycles. The number of amides is 1. The Morgan fingerprint density at radius 1 is 1.04 bits per heavy atom. The van der Waals surface area contributed by atoms with E-state index < -0.39 is 0 Å². The summed E-state index contributed by atoms with van der Waals surface area (Å²) in [6.07, 6.45) is 0. The van der Waals surface area contributed by atoms with Crippen molar-refractivity contribution in [1.29, 1.82) is 0 Å². The number of carbonyl (C=O) groups excluding carboxylic acids is 1. The Hall–Kier alpha value is -2.18. The van der Waals surface area contributed by atoms with Gasteiger partial charge in [-0.2, -0.15) is 0 Å². The summed E-state index contributed by atoms with van der Waals surface area (Å²) in [5, 5.41) is 11.8. The van der Waals surface area contributed by atoms with E-state index in [2.05, 4.69) is 15.5 Å². The van der Waals surface area contributed by atoms with Crippen LogP contribution in [-0.2, 0) is 4.79 Å². The maximum Gasteiger partial charge on any atom is 0.244 e. The first-order chi connectivity index (χ1) is 11.2. The molecule has 3 rings (SSSR count). The lowest BCUT2D eigenvalue weighted by molar-refractivity contribution is -0.115. The minimum absolute atomic E-state index is 0.0961. The second-order valence-electron chi connectivity index (χ2n) is 4.84. The van der Waals surface area contributed by atoms with Gasteiger partial charge in [0.1, 0.15) is 10.3 Å². The van der Waals surface area contributed by atoms with Gasteiger partial charge in [0.05, 0.1) is 0 Å². The smallest absolute Gasteiger partial charge is 0.244 e. The SMILES string of the molecule is Cc1nnc(NC(=O)[C@H](Sc2ccccc2)c2ccccc2)s1. The van der Waals surface area contributed by atoms with Crippen LogP contribution in [0.3, 0.4) is 0 Å². The van der Waals surface area contributed by atoms with E-state index in [0.717, 1.165) is 15.5 Å². The normalized spacial score (nSPS) is 11.9. The number of thioether (sulfide) groups is 1. The molecule has 0 aliphatic heterocycles. The quantitative estimate of drug-likeness (QED) is 0.702. The van der Waals surface area contributed by atoms with Crippen LogP contribution >= 0.6 is 23.1 Å². The van der Waals surface area contributed by atoms with Gasteiger partial charge >= 0.3 is 0 Å². The van der Waals surface area contributed by atoms with Gasteiger partial charge in [0, 0.05) is 4.90 Å². The van der Waals surface area contributed by atoms with E-state index in [1.165, 1.54) is 23.1 Å². The first-order valence-corrected chi connectivity index (χ1v) is 8.79. The molecule has 0 radical (unpaired) electrons. The van der Waals surface area contributed by atoms with Gasteiger partial charge in [0.15, 0.2) is 0 Å². The highest BCUT2D eigenvalue weighted by molar-refractivity contribution is 8.00. The Balaban J connectivity index is 1.84. The summed E-state index contributed by atoms with van der Waals surface area (Å²) in [6, 6.07) is 19.7. The standard InChI is InChI=1S/C17H15N3OS2/c1-12-19-20-17(22-12)18-16(21)15(13-8-4-2-5-9-13)23-14-10-6-3-7-11-14/h2-11,15H,1H3,(H,18,20,21)/t15-/m1/s1. The van der Waals surface area contributed by atoms with Crippen LogP contribution in [0.15, 0.2) is 65.6 Å². The molecule has 1 amide bonds. The van der Waals surface area contributed by atoms with Crippen molar-refractivity contribution in [3.8, 4) is 0 Å². The van der Waals surface area contributed by atoms with Crippen LogP contribution in [0.25, 0.3) is 0 Å². The summed E-state index contributed by atoms with van der Waals surface area (Å²) >= 11 is 2.89. The van der Waals surface area contributed by atoms with Crippen LogP contribution in [-0.4, -0.2) is 16.1 Å². The Labute approximate surface area is 143 Å². The van der Waals surface area contributed by atoms with Crippen LogP contribution in [0, 0.1) is 6.92 Å². The van der Waals surface area contributed by atoms with E-state index in [0.29, 0.717) is 5.13 Å². The lowest BCUT2D eigenvalue weighted by Crippen LogP contribution is -2.18. The Morgan fingerprint density at radius 2 is 1.70 bits per heavy atom. The van der Waals surface area contributed by atoms with Crippen molar-refractivity contribution in [2.24, 2.45) is 0 Å². The first kappa shape index (κ1) is 15.7. The first-order valence-electron chi connectivity index (χ1n) is 7.10. The molecule has 0 aliphatic carbocycles. The largest absolute Gasteiger partial charge is 0.299 e. The summed E-state index contributed by atoms with van der Waals surface area (Å²) < 4.78 is 0. The predicted octanol–water partition coefficient (Wildman–Crippen LogP) is 4.32.